The van der Waals surface area contributed by atoms with Crippen LogP contribution in [0.15, 0.2) is 15.9 Å². The molecule has 1 unspecified atom stereocenters. The molecule has 1 atom stereocenters. The molecule has 2 rings (SSSR count). The fourth-order valence-electron chi connectivity index (χ4n) is 1.99. The van der Waals surface area contributed by atoms with Crippen LogP contribution in [-0.2, 0) is 6.54 Å². The number of thiophene rings is 1. The van der Waals surface area contributed by atoms with Gasteiger partial charge in [0.2, 0.25) is 0 Å². The summed E-state index contributed by atoms with van der Waals surface area (Å²) >= 11 is 5.34. The monoisotopic (exact) mass is 287 g/mol. The lowest BCUT2D eigenvalue weighted by atomic mass is 10.1. The molecule has 0 bridgehead atoms. The zero-order chi connectivity index (χ0) is 10.7. The second kappa shape index (κ2) is 5.46. The Morgan fingerprint density at radius 1 is 1.53 bits per heavy atom. The van der Waals surface area contributed by atoms with Crippen LogP contribution in [0, 0.1) is 5.92 Å². The Morgan fingerprint density at radius 2 is 2.33 bits per heavy atom. The highest BCUT2D eigenvalue weighted by Crippen LogP contribution is 2.34. The Morgan fingerprint density at radius 3 is 2.87 bits per heavy atom. The number of nitrogens with one attached hydrogen (secondary N) is 1. The first-order chi connectivity index (χ1) is 7.29. The first-order valence-corrected chi connectivity index (χ1v) is 7.38. The van der Waals surface area contributed by atoms with E-state index in [9.17, 15) is 0 Å². The Balaban J connectivity index is 1.79. The molecule has 0 saturated heterocycles. The van der Waals surface area contributed by atoms with Crippen LogP contribution in [0.4, 0.5) is 0 Å². The predicted molar refractivity (Wildman–Crippen MR) is 70.3 cm³/mol. The topological polar surface area (TPSA) is 12.0 Å². The molecule has 84 valence electrons. The van der Waals surface area contributed by atoms with Gasteiger partial charge in [-0.3, -0.25) is 0 Å². The molecule has 1 heterocycles. The molecule has 1 aliphatic carbocycles. The Kier molecular flexibility index (Phi) is 4.23. The highest BCUT2D eigenvalue weighted by Gasteiger charge is 2.29. The van der Waals surface area contributed by atoms with Gasteiger partial charge >= 0.3 is 0 Å². The van der Waals surface area contributed by atoms with Crippen molar-refractivity contribution in [3.8, 4) is 0 Å². The summed E-state index contributed by atoms with van der Waals surface area (Å²) in [5.41, 5.74) is 0. The van der Waals surface area contributed by atoms with E-state index in [1.807, 2.05) is 11.3 Å². The predicted octanol–water partition coefficient (Wildman–Crippen LogP) is 4.18. The lowest BCUT2D eigenvalue weighted by Crippen LogP contribution is -2.30. The lowest BCUT2D eigenvalue weighted by molar-refractivity contribution is 0.431. The van der Waals surface area contributed by atoms with E-state index in [0.29, 0.717) is 0 Å². The van der Waals surface area contributed by atoms with Crippen molar-refractivity contribution in [1.82, 2.24) is 5.32 Å². The second-order valence-electron chi connectivity index (χ2n) is 4.32. The van der Waals surface area contributed by atoms with Gasteiger partial charge in [0.05, 0.1) is 3.79 Å². The van der Waals surface area contributed by atoms with Gasteiger partial charge in [-0.05, 0) is 53.2 Å². The first-order valence-electron chi connectivity index (χ1n) is 5.77. The maximum atomic E-state index is 3.70. The second-order valence-corrected chi connectivity index (χ2v) is 6.87. The van der Waals surface area contributed by atoms with E-state index in [2.05, 4.69) is 40.3 Å². The molecule has 1 aromatic heterocycles. The van der Waals surface area contributed by atoms with Gasteiger partial charge in [-0.1, -0.05) is 13.3 Å². The van der Waals surface area contributed by atoms with Crippen LogP contribution in [0.2, 0.25) is 0 Å². The maximum Gasteiger partial charge on any atom is 0.0701 e. The van der Waals surface area contributed by atoms with Crippen LogP contribution in [0.5, 0.6) is 0 Å². The molecular weight excluding hydrogens is 270 g/mol. The number of rotatable bonds is 6. The standard InChI is InChI=1S/C12H18BrNS/c1-2-3-11(9-4-5-9)14-8-10-6-7-12(13)15-10/h6-7,9,11,14H,2-5,8H2,1H3. The molecule has 1 saturated carbocycles. The molecule has 1 nitrogen and oxygen atoms in total. The van der Waals surface area contributed by atoms with Gasteiger partial charge in [0.1, 0.15) is 0 Å². The molecule has 3 heteroatoms. The molecule has 1 N–H and O–H groups in total. The van der Waals surface area contributed by atoms with E-state index < -0.39 is 0 Å². The van der Waals surface area contributed by atoms with Crippen molar-refractivity contribution >= 4 is 27.3 Å². The van der Waals surface area contributed by atoms with Crippen molar-refractivity contribution in [2.45, 2.75) is 45.2 Å². The number of hydrogen-bond acceptors (Lipinski definition) is 2. The van der Waals surface area contributed by atoms with Gasteiger partial charge in [-0.15, -0.1) is 11.3 Å². The highest BCUT2D eigenvalue weighted by atomic mass is 79.9. The Labute approximate surface area is 104 Å². The van der Waals surface area contributed by atoms with Crippen molar-refractivity contribution in [3.63, 3.8) is 0 Å². The molecule has 1 aromatic rings. The van der Waals surface area contributed by atoms with Crippen molar-refractivity contribution in [3.05, 3.63) is 20.8 Å². The third kappa shape index (κ3) is 3.58. The van der Waals surface area contributed by atoms with Gasteiger partial charge in [0.25, 0.3) is 0 Å². The smallest absolute Gasteiger partial charge is 0.0701 e. The minimum Gasteiger partial charge on any atom is -0.309 e. The van der Waals surface area contributed by atoms with E-state index >= 15 is 0 Å². The minimum absolute atomic E-state index is 0.760. The summed E-state index contributed by atoms with van der Waals surface area (Å²) in [4.78, 5) is 1.43. The molecule has 0 aromatic carbocycles. The number of halogens is 1. The molecule has 15 heavy (non-hydrogen) atoms. The summed E-state index contributed by atoms with van der Waals surface area (Å²) in [5, 5.41) is 3.70. The minimum atomic E-state index is 0.760. The molecule has 0 amide bonds. The fraction of sp³-hybridized carbons (Fsp3) is 0.667. The van der Waals surface area contributed by atoms with Crippen molar-refractivity contribution in [2.24, 2.45) is 5.92 Å². The van der Waals surface area contributed by atoms with Crippen molar-refractivity contribution in [2.75, 3.05) is 0 Å². The average Bonchev–Trinajstić information content (AvgIpc) is 2.97. The number of hydrogen-bond donors (Lipinski definition) is 1. The molecular formula is C12H18BrNS. The largest absolute Gasteiger partial charge is 0.309 e. The summed E-state index contributed by atoms with van der Waals surface area (Å²) < 4.78 is 1.23. The lowest BCUT2D eigenvalue weighted by Gasteiger charge is -2.16. The van der Waals surface area contributed by atoms with E-state index in [4.69, 9.17) is 0 Å². The van der Waals surface area contributed by atoms with Crippen molar-refractivity contribution < 1.29 is 0 Å². The van der Waals surface area contributed by atoms with Crippen LogP contribution in [0.1, 0.15) is 37.5 Å². The summed E-state index contributed by atoms with van der Waals surface area (Å²) in [6, 6.07) is 5.10. The van der Waals surface area contributed by atoms with Gasteiger partial charge in [0, 0.05) is 17.5 Å². The summed E-state index contributed by atoms with van der Waals surface area (Å²) in [6.45, 7) is 3.32. The molecule has 1 fully saturated rings. The maximum absolute atomic E-state index is 3.70. The third-order valence-corrected chi connectivity index (χ3v) is 4.58. The van der Waals surface area contributed by atoms with Crippen LogP contribution < -0.4 is 5.32 Å². The zero-order valence-corrected chi connectivity index (χ0v) is 11.5. The Bertz CT molecular complexity index is 306. The summed E-state index contributed by atoms with van der Waals surface area (Å²) in [5.74, 6) is 0.966. The molecule has 0 aliphatic heterocycles. The van der Waals surface area contributed by atoms with Crippen LogP contribution in [-0.4, -0.2) is 6.04 Å². The van der Waals surface area contributed by atoms with E-state index in [-0.39, 0.29) is 0 Å². The van der Waals surface area contributed by atoms with Gasteiger partial charge < -0.3 is 5.32 Å². The zero-order valence-electron chi connectivity index (χ0n) is 9.13. The van der Waals surface area contributed by atoms with Crippen LogP contribution >= 0.6 is 27.3 Å². The van der Waals surface area contributed by atoms with E-state index in [1.54, 1.807) is 0 Å². The van der Waals surface area contributed by atoms with Crippen molar-refractivity contribution in [1.29, 1.82) is 0 Å². The quantitative estimate of drug-likeness (QED) is 0.828. The molecule has 0 spiro atoms. The average molecular weight is 288 g/mol. The first kappa shape index (κ1) is 11.6. The molecule has 0 radical (unpaired) electrons. The van der Waals surface area contributed by atoms with Gasteiger partial charge in [-0.25, -0.2) is 0 Å². The summed E-state index contributed by atoms with van der Waals surface area (Å²) in [7, 11) is 0. The van der Waals surface area contributed by atoms with Gasteiger partial charge in [-0.2, -0.15) is 0 Å². The Hall–Kier alpha value is 0.140. The third-order valence-electron chi connectivity index (χ3n) is 2.96. The highest BCUT2D eigenvalue weighted by molar-refractivity contribution is 9.11. The van der Waals surface area contributed by atoms with Crippen LogP contribution in [0.25, 0.3) is 0 Å². The van der Waals surface area contributed by atoms with Crippen LogP contribution in [0.3, 0.4) is 0 Å². The van der Waals surface area contributed by atoms with E-state index in [0.717, 1.165) is 18.5 Å². The summed E-state index contributed by atoms with van der Waals surface area (Å²) in [6.07, 6.45) is 5.50. The SMILES string of the molecule is CCCC(NCc1ccc(Br)s1)C1CC1. The van der Waals surface area contributed by atoms with E-state index in [1.165, 1.54) is 34.3 Å². The normalized spacial score (nSPS) is 18.0. The molecule has 1 aliphatic rings. The fourth-order valence-corrected chi connectivity index (χ4v) is 3.43. The van der Waals surface area contributed by atoms with Gasteiger partial charge in [0.15, 0.2) is 0 Å².